The Balaban J connectivity index is 1.15. The van der Waals surface area contributed by atoms with E-state index in [1.807, 2.05) is 6.07 Å². The number of ether oxygens (including phenoxy) is 1. The van der Waals surface area contributed by atoms with Crippen LogP contribution < -0.4 is 4.74 Å². The van der Waals surface area contributed by atoms with Crippen molar-refractivity contribution in [2.75, 3.05) is 0 Å². The third-order valence-corrected chi connectivity index (χ3v) is 11.2. The summed E-state index contributed by atoms with van der Waals surface area (Å²) in [4.78, 5) is 10.7. The van der Waals surface area contributed by atoms with E-state index < -0.39 is 5.41 Å². The van der Waals surface area contributed by atoms with Crippen molar-refractivity contribution in [3.05, 3.63) is 216 Å². The van der Waals surface area contributed by atoms with Crippen molar-refractivity contribution in [2.24, 2.45) is 0 Å². The molecule has 1 spiro atoms. The van der Waals surface area contributed by atoms with Crippen molar-refractivity contribution < 1.29 is 4.74 Å². The van der Waals surface area contributed by atoms with Gasteiger partial charge in [0.1, 0.15) is 11.5 Å². The number of hydrogen-bond donors (Lipinski definition) is 0. The van der Waals surface area contributed by atoms with Crippen LogP contribution in [0.5, 0.6) is 11.5 Å². The minimum absolute atomic E-state index is 0.561. The molecule has 0 bridgehead atoms. The van der Waals surface area contributed by atoms with Crippen molar-refractivity contribution in [1.29, 1.82) is 0 Å². The molecular formula is C51H32N2O. The Morgan fingerprint density at radius 3 is 1.65 bits per heavy atom. The molecule has 3 heteroatoms. The molecule has 2 heterocycles. The van der Waals surface area contributed by atoms with Crippen LogP contribution in [-0.4, -0.2) is 9.97 Å². The number of para-hydroxylation sites is 2. The van der Waals surface area contributed by atoms with E-state index in [0.29, 0.717) is 5.82 Å². The van der Waals surface area contributed by atoms with Crippen LogP contribution in [0.4, 0.5) is 0 Å². The average Bonchev–Trinajstić information content (AvgIpc) is 3.53. The van der Waals surface area contributed by atoms with Crippen LogP contribution in [0.1, 0.15) is 22.3 Å². The van der Waals surface area contributed by atoms with Crippen LogP contribution in [0, 0.1) is 0 Å². The summed E-state index contributed by atoms with van der Waals surface area (Å²) in [6.45, 7) is 0. The highest BCUT2D eigenvalue weighted by molar-refractivity contribution is 5.92. The van der Waals surface area contributed by atoms with E-state index in [2.05, 4.69) is 188 Å². The molecule has 0 unspecified atom stereocenters. The first-order valence-electron chi connectivity index (χ1n) is 18.4. The normalized spacial score (nSPS) is 13.1. The second-order valence-electron chi connectivity index (χ2n) is 14.1. The maximum atomic E-state index is 6.59. The van der Waals surface area contributed by atoms with Gasteiger partial charge in [-0.25, -0.2) is 9.97 Å². The van der Waals surface area contributed by atoms with E-state index >= 15 is 0 Å². The van der Waals surface area contributed by atoms with Gasteiger partial charge in [-0.2, -0.15) is 0 Å². The van der Waals surface area contributed by atoms with E-state index in [0.717, 1.165) is 61.8 Å². The molecule has 11 rings (SSSR count). The molecule has 0 fully saturated rings. The molecule has 0 saturated heterocycles. The lowest BCUT2D eigenvalue weighted by atomic mass is 9.66. The number of hydrogen-bond acceptors (Lipinski definition) is 3. The molecule has 0 radical (unpaired) electrons. The predicted octanol–water partition coefficient (Wildman–Crippen LogP) is 12.8. The molecule has 1 aromatic heterocycles. The largest absolute Gasteiger partial charge is 0.457 e. The van der Waals surface area contributed by atoms with Crippen molar-refractivity contribution >= 4 is 10.8 Å². The molecule has 0 atom stereocenters. The topological polar surface area (TPSA) is 35.0 Å². The first-order chi connectivity index (χ1) is 26.8. The fraction of sp³-hybridized carbons (Fsp3) is 0.0196. The molecule has 3 nitrogen and oxygen atoms in total. The van der Waals surface area contributed by atoms with Crippen LogP contribution in [0.25, 0.3) is 66.9 Å². The zero-order valence-corrected chi connectivity index (χ0v) is 29.3. The van der Waals surface area contributed by atoms with E-state index in [1.54, 1.807) is 0 Å². The minimum atomic E-state index is -0.561. The average molecular weight is 689 g/mol. The Labute approximate surface area is 313 Å². The summed E-state index contributed by atoms with van der Waals surface area (Å²) < 4.78 is 6.59. The summed E-state index contributed by atoms with van der Waals surface area (Å²) in [5.41, 5.74) is 13.7. The summed E-state index contributed by atoms with van der Waals surface area (Å²) >= 11 is 0. The van der Waals surface area contributed by atoms with Gasteiger partial charge in [-0.1, -0.05) is 164 Å². The van der Waals surface area contributed by atoms with Crippen LogP contribution in [0.3, 0.4) is 0 Å². The van der Waals surface area contributed by atoms with Crippen LogP contribution in [0.15, 0.2) is 194 Å². The highest BCUT2D eigenvalue weighted by Gasteiger charge is 2.51. The lowest BCUT2D eigenvalue weighted by molar-refractivity contribution is 0.436. The molecule has 54 heavy (non-hydrogen) atoms. The zero-order valence-electron chi connectivity index (χ0n) is 29.3. The summed E-state index contributed by atoms with van der Waals surface area (Å²) in [6, 6.07) is 68.9. The van der Waals surface area contributed by atoms with Crippen molar-refractivity contribution in [1.82, 2.24) is 9.97 Å². The second kappa shape index (κ2) is 12.0. The van der Waals surface area contributed by atoms with Gasteiger partial charge < -0.3 is 4.74 Å². The van der Waals surface area contributed by atoms with Crippen LogP contribution in [-0.2, 0) is 5.41 Å². The van der Waals surface area contributed by atoms with E-state index in [9.17, 15) is 0 Å². The molecule has 252 valence electrons. The number of benzene rings is 8. The summed E-state index contributed by atoms with van der Waals surface area (Å²) in [5, 5.41) is 2.42. The predicted molar refractivity (Wildman–Crippen MR) is 219 cm³/mol. The number of fused-ring (bicyclic) bond motifs is 10. The summed E-state index contributed by atoms with van der Waals surface area (Å²) in [6.07, 6.45) is 0. The molecule has 0 N–H and O–H groups in total. The smallest absolute Gasteiger partial charge is 0.161 e. The number of nitrogens with zero attached hydrogens (tertiary/aromatic N) is 2. The maximum Gasteiger partial charge on any atom is 0.161 e. The van der Waals surface area contributed by atoms with Gasteiger partial charge in [-0.3, -0.25) is 0 Å². The summed E-state index contributed by atoms with van der Waals surface area (Å²) in [5.74, 6) is 2.45. The van der Waals surface area contributed by atoms with E-state index in [1.165, 1.54) is 33.0 Å². The van der Waals surface area contributed by atoms with Crippen molar-refractivity contribution in [3.63, 3.8) is 0 Å². The highest BCUT2D eigenvalue weighted by atomic mass is 16.5. The quantitative estimate of drug-likeness (QED) is 0.185. The molecule has 0 amide bonds. The monoisotopic (exact) mass is 688 g/mol. The minimum Gasteiger partial charge on any atom is -0.457 e. The fourth-order valence-electron chi connectivity index (χ4n) is 8.77. The first kappa shape index (κ1) is 30.5. The Morgan fingerprint density at radius 1 is 0.333 bits per heavy atom. The van der Waals surface area contributed by atoms with Gasteiger partial charge in [0.25, 0.3) is 0 Å². The standard InChI is InChI=1S/C51H32N2O/c1-2-15-34(16-3-1)46-32-47(53-50(52-46)41-20-7-6-18-38(41)36-27-26-33-14-4-5-17-35(33)30-36)37-28-29-40-39-19-8-9-21-42(39)51(45(40)31-37)43-22-10-12-24-48(43)54-49-25-13-11-23-44(49)51/h1-32H. The summed E-state index contributed by atoms with van der Waals surface area (Å²) in [7, 11) is 0. The zero-order chi connectivity index (χ0) is 35.6. The van der Waals surface area contributed by atoms with Gasteiger partial charge in [0, 0.05) is 27.8 Å². The van der Waals surface area contributed by atoms with Crippen molar-refractivity contribution in [3.8, 4) is 67.7 Å². The van der Waals surface area contributed by atoms with Crippen molar-refractivity contribution in [2.45, 2.75) is 5.41 Å². The lowest BCUT2D eigenvalue weighted by Gasteiger charge is -2.39. The van der Waals surface area contributed by atoms with Gasteiger partial charge in [0.2, 0.25) is 0 Å². The Kier molecular flexibility index (Phi) is 6.77. The first-order valence-corrected chi connectivity index (χ1v) is 18.4. The molecule has 1 aliphatic heterocycles. The maximum absolute atomic E-state index is 6.59. The third kappa shape index (κ3) is 4.55. The van der Waals surface area contributed by atoms with Gasteiger partial charge in [-0.05, 0) is 74.5 Å². The molecular weight excluding hydrogens is 657 g/mol. The Bertz CT molecular complexity index is 2880. The SMILES string of the molecule is c1ccc(-c2cc(-c3ccc4c(c3)C3(c5ccccc5Oc5ccccc53)c3ccccc3-4)nc(-c3ccccc3-c3ccc4ccccc4c3)n2)cc1. The molecule has 2 aliphatic rings. The molecule has 1 aliphatic carbocycles. The van der Waals surface area contributed by atoms with Gasteiger partial charge >= 0.3 is 0 Å². The van der Waals surface area contributed by atoms with Gasteiger partial charge in [-0.15, -0.1) is 0 Å². The third-order valence-electron chi connectivity index (χ3n) is 11.2. The van der Waals surface area contributed by atoms with Crippen LogP contribution >= 0.6 is 0 Å². The van der Waals surface area contributed by atoms with E-state index in [-0.39, 0.29) is 0 Å². The number of aromatic nitrogens is 2. The lowest BCUT2D eigenvalue weighted by Crippen LogP contribution is -2.32. The Hall–Kier alpha value is -7.10. The highest BCUT2D eigenvalue weighted by Crippen LogP contribution is 2.62. The second-order valence-corrected chi connectivity index (χ2v) is 14.1. The van der Waals surface area contributed by atoms with E-state index in [4.69, 9.17) is 14.7 Å². The molecule has 8 aromatic carbocycles. The van der Waals surface area contributed by atoms with Gasteiger partial charge in [0.05, 0.1) is 16.8 Å². The molecule has 0 saturated carbocycles. The number of rotatable bonds is 4. The Morgan fingerprint density at radius 2 is 0.889 bits per heavy atom. The fourth-order valence-corrected chi connectivity index (χ4v) is 8.77. The van der Waals surface area contributed by atoms with Gasteiger partial charge in [0.15, 0.2) is 5.82 Å². The van der Waals surface area contributed by atoms with Crippen LogP contribution in [0.2, 0.25) is 0 Å². The molecule has 9 aromatic rings.